The van der Waals surface area contributed by atoms with E-state index in [1.165, 1.54) is 12.1 Å². The molecule has 1 aromatic carbocycles. The summed E-state index contributed by atoms with van der Waals surface area (Å²) in [6, 6.07) is 12.0. The van der Waals surface area contributed by atoms with Crippen LogP contribution >= 0.6 is 0 Å². The zero-order valence-electron chi connectivity index (χ0n) is 11.1. The minimum atomic E-state index is -0.462. The third-order valence-electron chi connectivity index (χ3n) is 3.28. The van der Waals surface area contributed by atoms with E-state index < -0.39 is 4.92 Å². The second-order valence-electron chi connectivity index (χ2n) is 4.61. The van der Waals surface area contributed by atoms with E-state index >= 15 is 0 Å². The Morgan fingerprint density at radius 3 is 2.86 bits per heavy atom. The van der Waals surface area contributed by atoms with Crippen molar-refractivity contribution >= 4 is 11.3 Å². The maximum Gasteiger partial charge on any atom is 0.270 e. The summed E-state index contributed by atoms with van der Waals surface area (Å²) < 4.78 is 1.70. The van der Waals surface area contributed by atoms with Gasteiger partial charge in [-0.15, -0.1) is 0 Å². The number of non-ortho nitro benzene ring substituents is 1. The Balaban J connectivity index is 2.30. The van der Waals surface area contributed by atoms with Gasteiger partial charge in [0.1, 0.15) is 17.4 Å². The number of nitrogens with zero attached hydrogens (tertiary/aromatic N) is 4. The molecule has 6 heteroatoms. The minimum Gasteiger partial charge on any atom is -0.291 e. The van der Waals surface area contributed by atoms with Gasteiger partial charge >= 0.3 is 0 Å². The van der Waals surface area contributed by atoms with E-state index in [1.54, 1.807) is 22.7 Å². The maximum absolute atomic E-state index is 10.9. The lowest BCUT2D eigenvalue weighted by molar-refractivity contribution is -0.384. The fourth-order valence-corrected chi connectivity index (χ4v) is 2.28. The molecule has 21 heavy (non-hydrogen) atoms. The van der Waals surface area contributed by atoms with E-state index in [9.17, 15) is 15.4 Å². The molecule has 0 aliphatic rings. The summed E-state index contributed by atoms with van der Waals surface area (Å²) in [6.45, 7) is 1.90. The number of hydrogen-bond donors (Lipinski definition) is 0. The lowest BCUT2D eigenvalue weighted by Gasteiger charge is -1.98. The average Bonchev–Trinajstić information content (AvgIpc) is 2.87. The molecule has 0 radical (unpaired) electrons. The summed E-state index contributed by atoms with van der Waals surface area (Å²) >= 11 is 0. The number of aromatic nitrogens is 2. The molecule has 0 aliphatic carbocycles. The average molecular weight is 278 g/mol. The van der Waals surface area contributed by atoms with Gasteiger partial charge in [-0.1, -0.05) is 18.2 Å². The zero-order chi connectivity index (χ0) is 15.0. The summed E-state index contributed by atoms with van der Waals surface area (Å²) in [5.41, 5.74) is 2.97. The number of nitro benzene ring substituents is 1. The van der Waals surface area contributed by atoms with Crippen molar-refractivity contribution in [3.63, 3.8) is 0 Å². The highest BCUT2D eigenvalue weighted by atomic mass is 16.6. The SMILES string of the molecule is Cc1cccn2c(C#N)c(-c3cccc([N+](=O)[O-])c3)nc12. The monoisotopic (exact) mass is 278 g/mol. The first-order valence-electron chi connectivity index (χ1n) is 6.24. The van der Waals surface area contributed by atoms with Crippen molar-refractivity contribution in [3.8, 4) is 17.3 Å². The molecule has 3 aromatic rings. The Labute approximate surface area is 120 Å². The molecule has 0 saturated heterocycles. The van der Waals surface area contributed by atoms with E-state index in [0.29, 0.717) is 22.6 Å². The lowest BCUT2D eigenvalue weighted by Crippen LogP contribution is -1.91. The van der Waals surface area contributed by atoms with Crippen LogP contribution in [0.15, 0.2) is 42.6 Å². The van der Waals surface area contributed by atoms with E-state index in [2.05, 4.69) is 11.1 Å². The molecule has 0 unspecified atom stereocenters. The predicted molar refractivity (Wildman–Crippen MR) is 76.7 cm³/mol. The number of nitro groups is 1. The van der Waals surface area contributed by atoms with Crippen LogP contribution in [-0.2, 0) is 0 Å². The minimum absolute atomic E-state index is 0.0230. The summed E-state index contributed by atoms with van der Waals surface area (Å²) in [4.78, 5) is 14.9. The fourth-order valence-electron chi connectivity index (χ4n) is 2.28. The third kappa shape index (κ3) is 2.01. The van der Waals surface area contributed by atoms with Crippen molar-refractivity contribution in [1.82, 2.24) is 9.38 Å². The number of fused-ring (bicyclic) bond motifs is 1. The fraction of sp³-hybridized carbons (Fsp3) is 0.0667. The van der Waals surface area contributed by atoms with Crippen molar-refractivity contribution in [2.45, 2.75) is 6.92 Å². The number of benzene rings is 1. The standard InChI is InChI=1S/C15H10N4O2/c1-10-4-3-7-18-13(9-16)14(17-15(10)18)11-5-2-6-12(8-11)19(20)21/h2-8H,1H3. The van der Waals surface area contributed by atoms with Crippen LogP contribution in [0, 0.1) is 28.4 Å². The van der Waals surface area contributed by atoms with Gasteiger partial charge < -0.3 is 0 Å². The summed E-state index contributed by atoms with van der Waals surface area (Å²) in [6.07, 6.45) is 1.76. The Kier molecular flexibility index (Phi) is 2.88. The van der Waals surface area contributed by atoms with Gasteiger partial charge in [-0.25, -0.2) is 4.98 Å². The molecule has 2 aromatic heterocycles. The molecule has 0 saturated carbocycles. The Hall–Kier alpha value is -3.20. The number of pyridine rings is 1. The van der Waals surface area contributed by atoms with Gasteiger partial charge in [0.2, 0.25) is 0 Å². The van der Waals surface area contributed by atoms with Gasteiger partial charge in [-0.3, -0.25) is 14.5 Å². The van der Waals surface area contributed by atoms with Crippen LogP contribution in [0.25, 0.3) is 16.9 Å². The molecule has 6 nitrogen and oxygen atoms in total. The molecular formula is C15H10N4O2. The van der Waals surface area contributed by atoms with Crippen LogP contribution in [0.4, 0.5) is 5.69 Å². The molecule has 0 aliphatic heterocycles. The van der Waals surface area contributed by atoms with E-state index in [4.69, 9.17) is 0 Å². The second-order valence-corrected chi connectivity index (χ2v) is 4.61. The number of aryl methyl sites for hydroxylation is 1. The number of nitriles is 1. The molecule has 0 bridgehead atoms. The highest BCUT2D eigenvalue weighted by molar-refractivity contribution is 5.72. The van der Waals surface area contributed by atoms with Crippen molar-refractivity contribution in [1.29, 1.82) is 5.26 Å². The first kappa shape index (κ1) is 12.8. The van der Waals surface area contributed by atoms with E-state index in [-0.39, 0.29) is 5.69 Å². The molecule has 0 fully saturated rings. The van der Waals surface area contributed by atoms with Crippen molar-refractivity contribution < 1.29 is 4.92 Å². The molecule has 2 heterocycles. The first-order valence-corrected chi connectivity index (χ1v) is 6.24. The molecule has 0 spiro atoms. The van der Waals surface area contributed by atoms with Crippen LogP contribution in [0.3, 0.4) is 0 Å². The molecule has 0 atom stereocenters. The topological polar surface area (TPSA) is 84.2 Å². The van der Waals surface area contributed by atoms with Crippen LogP contribution in [-0.4, -0.2) is 14.3 Å². The highest BCUT2D eigenvalue weighted by Crippen LogP contribution is 2.27. The van der Waals surface area contributed by atoms with Gasteiger partial charge in [0.05, 0.1) is 4.92 Å². The Morgan fingerprint density at radius 2 is 2.14 bits per heavy atom. The van der Waals surface area contributed by atoms with Gasteiger partial charge in [0, 0.05) is 23.9 Å². The first-order chi connectivity index (χ1) is 10.1. The lowest BCUT2D eigenvalue weighted by atomic mass is 10.1. The van der Waals surface area contributed by atoms with Crippen molar-refractivity contribution in [3.05, 3.63) is 64.0 Å². The molecule has 3 rings (SSSR count). The Morgan fingerprint density at radius 1 is 1.33 bits per heavy atom. The number of hydrogen-bond acceptors (Lipinski definition) is 4. The quantitative estimate of drug-likeness (QED) is 0.532. The second kappa shape index (κ2) is 4.72. The summed E-state index contributed by atoms with van der Waals surface area (Å²) in [5, 5.41) is 20.3. The van der Waals surface area contributed by atoms with Crippen LogP contribution in [0.1, 0.15) is 11.3 Å². The third-order valence-corrected chi connectivity index (χ3v) is 3.28. The van der Waals surface area contributed by atoms with Crippen LogP contribution in [0.2, 0.25) is 0 Å². The van der Waals surface area contributed by atoms with Gasteiger partial charge in [-0.05, 0) is 18.6 Å². The van der Waals surface area contributed by atoms with Crippen molar-refractivity contribution in [2.24, 2.45) is 0 Å². The van der Waals surface area contributed by atoms with Crippen LogP contribution < -0.4 is 0 Å². The largest absolute Gasteiger partial charge is 0.291 e. The smallest absolute Gasteiger partial charge is 0.270 e. The Bertz CT molecular complexity index is 906. The number of rotatable bonds is 2. The number of imidazole rings is 1. The zero-order valence-corrected chi connectivity index (χ0v) is 11.1. The summed E-state index contributed by atoms with van der Waals surface area (Å²) in [5.74, 6) is 0. The summed E-state index contributed by atoms with van der Waals surface area (Å²) in [7, 11) is 0. The van der Waals surface area contributed by atoms with Crippen molar-refractivity contribution in [2.75, 3.05) is 0 Å². The molecule has 102 valence electrons. The van der Waals surface area contributed by atoms with Gasteiger partial charge in [0.25, 0.3) is 5.69 Å². The van der Waals surface area contributed by atoms with Gasteiger partial charge in [-0.2, -0.15) is 5.26 Å². The normalized spacial score (nSPS) is 10.5. The highest BCUT2D eigenvalue weighted by Gasteiger charge is 2.16. The van der Waals surface area contributed by atoms with Gasteiger partial charge in [0.15, 0.2) is 5.69 Å². The predicted octanol–water partition coefficient (Wildman–Crippen LogP) is 3.09. The molecule has 0 N–H and O–H groups in total. The molecule has 0 amide bonds. The van der Waals surface area contributed by atoms with E-state index in [0.717, 1.165) is 5.56 Å². The maximum atomic E-state index is 10.9. The van der Waals surface area contributed by atoms with E-state index in [1.807, 2.05) is 19.1 Å². The molecular weight excluding hydrogens is 268 g/mol. The van der Waals surface area contributed by atoms with Crippen LogP contribution in [0.5, 0.6) is 0 Å².